The largest absolute Gasteiger partial charge is 0.394 e. The van der Waals surface area contributed by atoms with Crippen molar-refractivity contribution < 1.29 is 29.5 Å². The van der Waals surface area contributed by atoms with Crippen LogP contribution in [-0.4, -0.2) is 66.9 Å². The van der Waals surface area contributed by atoms with Crippen LogP contribution in [0.5, 0.6) is 0 Å². The Morgan fingerprint density at radius 2 is 1.79 bits per heavy atom. The molecule has 1 aliphatic rings. The van der Waals surface area contributed by atoms with Crippen LogP contribution in [-0.2, 0) is 14.2 Å². The molecule has 0 aromatic carbocycles. The highest BCUT2D eigenvalue weighted by molar-refractivity contribution is 4.89. The van der Waals surface area contributed by atoms with E-state index in [1.807, 2.05) is 0 Å². The minimum absolute atomic E-state index is 0.380. The molecule has 0 radical (unpaired) electrons. The van der Waals surface area contributed by atoms with Gasteiger partial charge >= 0.3 is 0 Å². The second kappa shape index (κ2) is 5.01. The van der Waals surface area contributed by atoms with Gasteiger partial charge in [0.05, 0.1) is 6.61 Å². The van der Waals surface area contributed by atoms with E-state index in [2.05, 4.69) is 0 Å². The van der Waals surface area contributed by atoms with Gasteiger partial charge in [0, 0.05) is 14.2 Å². The maximum Gasteiger partial charge on any atom is 0.186 e. The lowest BCUT2D eigenvalue weighted by molar-refractivity contribution is -0.299. The highest BCUT2D eigenvalue weighted by Crippen LogP contribution is 2.23. The summed E-state index contributed by atoms with van der Waals surface area (Å²) in [4.78, 5) is 0. The van der Waals surface area contributed by atoms with Crippen molar-refractivity contribution in [3.05, 3.63) is 0 Å². The van der Waals surface area contributed by atoms with Gasteiger partial charge in [-0.1, -0.05) is 0 Å². The van der Waals surface area contributed by atoms with Gasteiger partial charge in [-0.05, 0) is 0 Å². The van der Waals surface area contributed by atoms with Crippen molar-refractivity contribution in [3.63, 3.8) is 0 Å². The third-order valence-electron chi connectivity index (χ3n) is 2.33. The molecule has 1 heterocycles. The molecule has 1 rings (SSSR count). The van der Waals surface area contributed by atoms with E-state index in [9.17, 15) is 10.2 Å². The predicted octanol–water partition coefficient (Wildman–Crippen LogP) is -1.91. The third-order valence-corrected chi connectivity index (χ3v) is 2.33. The van der Waals surface area contributed by atoms with Gasteiger partial charge in [0.2, 0.25) is 0 Å². The van der Waals surface area contributed by atoms with Crippen molar-refractivity contribution in [1.29, 1.82) is 0 Å². The first kappa shape index (κ1) is 11.8. The van der Waals surface area contributed by atoms with E-state index < -0.39 is 30.7 Å². The Kier molecular flexibility index (Phi) is 4.24. The Balaban J connectivity index is 2.71. The average molecular weight is 208 g/mol. The summed E-state index contributed by atoms with van der Waals surface area (Å²) in [5.74, 6) is 0. The highest BCUT2D eigenvalue weighted by Gasteiger charge is 2.44. The Hall–Kier alpha value is -0.240. The molecule has 0 bridgehead atoms. The zero-order valence-electron chi connectivity index (χ0n) is 8.16. The molecule has 6 heteroatoms. The predicted molar refractivity (Wildman–Crippen MR) is 45.6 cm³/mol. The van der Waals surface area contributed by atoms with Gasteiger partial charge < -0.3 is 29.5 Å². The lowest BCUT2D eigenvalue weighted by atomic mass is 9.99. The van der Waals surface area contributed by atoms with Crippen LogP contribution in [0.1, 0.15) is 0 Å². The SMILES string of the molecule is CO[C@H]1O[C@@H](CO)[C@@H](O)[C@H](O)[C@@H]1OC. The molecule has 14 heavy (non-hydrogen) atoms. The van der Waals surface area contributed by atoms with E-state index in [1.165, 1.54) is 14.2 Å². The molecular formula is C8H16O6. The number of methoxy groups -OCH3 is 2. The van der Waals surface area contributed by atoms with Gasteiger partial charge in [-0.15, -0.1) is 0 Å². The molecule has 1 saturated heterocycles. The zero-order chi connectivity index (χ0) is 10.7. The quantitative estimate of drug-likeness (QED) is 0.501. The second-order valence-corrected chi connectivity index (χ2v) is 3.14. The summed E-state index contributed by atoms with van der Waals surface area (Å²) in [7, 11) is 2.78. The van der Waals surface area contributed by atoms with Crippen LogP contribution in [0, 0.1) is 0 Å². The first-order chi connectivity index (χ1) is 6.65. The summed E-state index contributed by atoms with van der Waals surface area (Å²) in [6.45, 7) is -0.380. The van der Waals surface area contributed by atoms with E-state index in [-0.39, 0.29) is 6.61 Å². The summed E-state index contributed by atoms with van der Waals surface area (Å²) >= 11 is 0. The fraction of sp³-hybridized carbons (Fsp3) is 1.00. The molecule has 0 saturated carbocycles. The summed E-state index contributed by atoms with van der Waals surface area (Å²) in [6.07, 6.45) is -4.68. The maximum absolute atomic E-state index is 9.59. The van der Waals surface area contributed by atoms with Crippen molar-refractivity contribution in [3.8, 4) is 0 Å². The van der Waals surface area contributed by atoms with E-state index in [1.54, 1.807) is 0 Å². The van der Waals surface area contributed by atoms with Gasteiger partial charge in [-0.25, -0.2) is 0 Å². The Bertz CT molecular complexity index is 173. The van der Waals surface area contributed by atoms with Crippen LogP contribution in [0.4, 0.5) is 0 Å². The van der Waals surface area contributed by atoms with Crippen LogP contribution < -0.4 is 0 Å². The monoisotopic (exact) mass is 208 g/mol. The Labute approximate surface area is 82.0 Å². The smallest absolute Gasteiger partial charge is 0.186 e. The zero-order valence-corrected chi connectivity index (χ0v) is 8.16. The molecule has 3 N–H and O–H groups in total. The normalized spacial score (nSPS) is 43.9. The number of hydrogen-bond acceptors (Lipinski definition) is 6. The standard InChI is InChI=1S/C8H16O6/c1-12-7-6(11)5(10)4(3-9)14-8(7)13-2/h4-11H,3H2,1-2H3/t4-,5+,6-,7-,8-/m0/s1. The van der Waals surface area contributed by atoms with E-state index in [4.69, 9.17) is 19.3 Å². The molecule has 0 aromatic rings. The minimum Gasteiger partial charge on any atom is -0.394 e. The Morgan fingerprint density at radius 1 is 1.14 bits per heavy atom. The topological polar surface area (TPSA) is 88.4 Å². The van der Waals surface area contributed by atoms with Crippen molar-refractivity contribution in [2.24, 2.45) is 0 Å². The summed E-state index contributed by atoms with van der Waals surface area (Å²) < 4.78 is 15.0. The van der Waals surface area contributed by atoms with E-state index >= 15 is 0 Å². The van der Waals surface area contributed by atoms with E-state index in [0.29, 0.717) is 0 Å². The molecule has 1 fully saturated rings. The first-order valence-electron chi connectivity index (χ1n) is 4.33. The van der Waals surface area contributed by atoms with Crippen molar-refractivity contribution in [2.75, 3.05) is 20.8 Å². The number of aliphatic hydroxyl groups is 3. The average Bonchev–Trinajstić information content (AvgIpc) is 2.21. The van der Waals surface area contributed by atoms with Crippen LogP contribution in [0.25, 0.3) is 0 Å². The maximum atomic E-state index is 9.59. The van der Waals surface area contributed by atoms with Crippen molar-refractivity contribution in [2.45, 2.75) is 30.7 Å². The van der Waals surface area contributed by atoms with Crippen LogP contribution in [0.2, 0.25) is 0 Å². The Morgan fingerprint density at radius 3 is 2.21 bits per heavy atom. The molecule has 0 spiro atoms. The molecule has 84 valence electrons. The van der Waals surface area contributed by atoms with Gasteiger partial charge in [-0.3, -0.25) is 0 Å². The fourth-order valence-electron chi connectivity index (χ4n) is 1.50. The summed E-state index contributed by atoms with van der Waals surface area (Å²) in [5.41, 5.74) is 0. The van der Waals surface area contributed by atoms with Gasteiger partial charge in [0.25, 0.3) is 0 Å². The lowest BCUT2D eigenvalue weighted by Gasteiger charge is -2.40. The minimum atomic E-state index is -1.17. The molecule has 0 amide bonds. The molecule has 0 aliphatic carbocycles. The van der Waals surface area contributed by atoms with Gasteiger partial charge in [0.15, 0.2) is 6.29 Å². The van der Waals surface area contributed by atoms with Gasteiger partial charge in [0.1, 0.15) is 24.4 Å². The van der Waals surface area contributed by atoms with Crippen molar-refractivity contribution >= 4 is 0 Å². The molecule has 1 aliphatic heterocycles. The molecule has 6 nitrogen and oxygen atoms in total. The highest BCUT2D eigenvalue weighted by atomic mass is 16.7. The van der Waals surface area contributed by atoms with Crippen molar-refractivity contribution in [1.82, 2.24) is 0 Å². The lowest BCUT2D eigenvalue weighted by Crippen LogP contribution is -2.59. The van der Waals surface area contributed by atoms with Gasteiger partial charge in [-0.2, -0.15) is 0 Å². The number of hydrogen-bond donors (Lipinski definition) is 3. The summed E-state index contributed by atoms with van der Waals surface area (Å²) in [5, 5.41) is 27.9. The number of aliphatic hydroxyl groups excluding tert-OH is 3. The third kappa shape index (κ3) is 2.05. The van der Waals surface area contributed by atoms with Crippen LogP contribution in [0.3, 0.4) is 0 Å². The molecule has 5 atom stereocenters. The fourth-order valence-corrected chi connectivity index (χ4v) is 1.50. The second-order valence-electron chi connectivity index (χ2n) is 3.14. The number of rotatable bonds is 3. The molecular weight excluding hydrogens is 192 g/mol. The van der Waals surface area contributed by atoms with E-state index in [0.717, 1.165) is 0 Å². The number of ether oxygens (including phenoxy) is 3. The van der Waals surface area contributed by atoms with Crippen LogP contribution in [0.15, 0.2) is 0 Å². The molecule has 0 aromatic heterocycles. The first-order valence-corrected chi connectivity index (χ1v) is 4.33. The molecule has 0 unspecified atom stereocenters. The summed E-state index contributed by atoms with van der Waals surface area (Å²) in [6, 6.07) is 0. The van der Waals surface area contributed by atoms with Crippen LogP contribution >= 0.6 is 0 Å².